The third kappa shape index (κ3) is 3.53. The van der Waals surface area contributed by atoms with Crippen LogP contribution < -0.4 is 5.32 Å². The Balaban J connectivity index is 1.73. The van der Waals surface area contributed by atoms with E-state index in [2.05, 4.69) is 38.4 Å². The number of thiazole rings is 1. The van der Waals surface area contributed by atoms with Gasteiger partial charge in [0.1, 0.15) is 0 Å². The monoisotopic (exact) mass is 268 g/mol. The van der Waals surface area contributed by atoms with E-state index >= 15 is 0 Å². The van der Waals surface area contributed by atoms with Crippen LogP contribution in [-0.4, -0.2) is 23.7 Å². The molecule has 1 aromatic rings. The molecule has 3 nitrogen and oxygen atoms in total. The zero-order valence-electron chi connectivity index (χ0n) is 11.8. The van der Waals surface area contributed by atoms with Gasteiger partial charge in [-0.15, -0.1) is 11.3 Å². The lowest BCUT2D eigenvalue weighted by Crippen LogP contribution is -2.45. The Morgan fingerprint density at radius 2 is 2.17 bits per heavy atom. The third-order valence-electron chi connectivity index (χ3n) is 3.26. The molecule has 0 bridgehead atoms. The summed E-state index contributed by atoms with van der Waals surface area (Å²) in [7, 11) is 0. The number of nitrogens with one attached hydrogen (secondary N) is 1. The van der Waals surface area contributed by atoms with Crippen LogP contribution in [0.2, 0.25) is 0 Å². The maximum atomic E-state index is 5.56. The highest BCUT2D eigenvalue weighted by Gasteiger charge is 2.29. The van der Waals surface area contributed by atoms with Crippen molar-refractivity contribution in [3.8, 4) is 0 Å². The molecule has 102 valence electrons. The van der Waals surface area contributed by atoms with Crippen LogP contribution in [0.4, 0.5) is 0 Å². The van der Waals surface area contributed by atoms with Crippen molar-refractivity contribution in [2.24, 2.45) is 0 Å². The first-order chi connectivity index (χ1) is 8.49. The number of rotatable bonds is 5. The highest BCUT2D eigenvalue weighted by Crippen LogP contribution is 2.26. The molecule has 0 aliphatic heterocycles. The molecule has 18 heavy (non-hydrogen) atoms. The molecule has 1 N–H and O–H groups in total. The van der Waals surface area contributed by atoms with E-state index in [1.54, 1.807) is 11.3 Å². The number of nitrogens with zero attached hydrogens (tertiary/aromatic N) is 1. The van der Waals surface area contributed by atoms with E-state index < -0.39 is 0 Å². The quantitative estimate of drug-likeness (QED) is 0.891. The summed E-state index contributed by atoms with van der Waals surface area (Å²) in [4.78, 5) is 4.69. The molecule has 0 aromatic carbocycles. The molecule has 0 saturated heterocycles. The topological polar surface area (TPSA) is 34.1 Å². The van der Waals surface area contributed by atoms with E-state index in [0.717, 1.165) is 26.0 Å². The fourth-order valence-corrected chi connectivity index (χ4v) is 2.99. The molecule has 1 heterocycles. The average Bonchev–Trinajstić information content (AvgIpc) is 2.69. The van der Waals surface area contributed by atoms with Crippen molar-refractivity contribution in [3.63, 3.8) is 0 Å². The smallest absolute Gasteiger partial charge is 0.0982 e. The van der Waals surface area contributed by atoms with Gasteiger partial charge in [0.05, 0.1) is 16.8 Å². The van der Waals surface area contributed by atoms with Crippen molar-refractivity contribution in [3.05, 3.63) is 16.1 Å². The molecule has 0 amide bonds. The summed E-state index contributed by atoms with van der Waals surface area (Å²) < 4.78 is 5.56. The summed E-state index contributed by atoms with van der Waals surface area (Å²) in [6.45, 7) is 10.4. The van der Waals surface area contributed by atoms with Gasteiger partial charge in [0.2, 0.25) is 0 Å². The molecule has 1 aliphatic carbocycles. The van der Waals surface area contributed by atoms with E-state index in [1.807, 2.05) is 0 Å². The molecule has 0 unspecified atom stereocenters. The Morgan fingerprint density at radius 3 is 2.72 bits per heavy atom. The fraction of sp³-hybridized carbons (Fsp3) is 0.786. The van der Waals surface area contributed by atoms with E-state index in [9.17, 15) is 0 Å². The van der Waals surface area contributed by atoms with E-state index in [-0.39, 0.29) is 5.41 Å². The van der Waals surface area contributed by atoms with Crippen LogP contribution >= 0.6 is 11.3 Å². The third-order valence-corrected chi connectivity index (χ3v) is 4.58. The standard InChI is InChI=1S/C14H24N2OS/c1-5-17-12-6-10(7-12)15-8-11-9-18-13(16-11)14(2,3)4/h9-10,12,15H,5-8H2,1-4H3. The van der Waals surface area contributed by atoms with Crippen LogP contribution in [0, 0.1) is 0 Å². The van der Waals surface area contributed by atoms with Crippen LogP contribution in [0.3, 0.4) is 0 Å². The summed E-state index contributed by atoms with van der Waals surface area (Å²) in [6.07, 6.45) is 2.77. The summed E-state index contributed by atoms with van der Waals surface area (Å²) >= 11 is 1.77. The lowest BCUT2D eigenvalue weighted by molar-refractivity contribution is -0.0103. The molecular formula is C14H24N2OS. The predicted octanol–water partition coefficient (Wildman–Crippen LogP) is 3.10. The largest absolute Gasteiger partial charge is 0.378 e. The Kier molecular flexibility index (Phi) is 4.41. The molecule has 1 aromatic heterocycles. The Bertz CT molecular complexity index is 377. The normalized spacial score (nSPS) is 24.0. The van der Waals surface area contributed by atoms with Gasteiger partial charge < -0.3 is 10.1 Å². The molecule has 1 fully saturated rings. The van der Waals surface area contributed by atoms with Gasteiger partial charge in [-0.05, 0) is 19.8 Å². The fourth-order valence-electron chi connectivity index (χ4n) is 2.09. The zero-order chi connectivity index (χ0) is 13.2. The van der Waals surface area contributed by atoms with Crippen molar-refractivity contribution in [1.29, 1.82) is 0 Å². The molecule has 2 rings (SSSR count). The van der Waals surface area contributed by atoms with Gasteiger partial charge in [0.15, 0.2) is 0 Å². The molecule has 1 saturated carbocycles. The molecule has 0 spiro atoms. The number of hydrogen-bond acceptors (Lipinski definition) is 4. The van der Waals surface area contributed by atoms with Crippen molar-refractivity contribution in [2.75, 3.05) is 6.61 Å². The summed E-state index contributed by atoms with van der Waals surface area (Å²) in [6, 6.07) is 0.612. The van der Waals surface area contributed by atoms with E-state index in [0.29, 0.717) is 12.1 Å². The van der Waals surface area contributed by atoms with Crippen LogP contribution in [0.1, 0.15) is 51.2 Å². The van der Waals surface area contributed by atoms with Gasteiger partial charge in [-0.25, -0.2) is 4.98 Å². The Morgan fingerprint density at radius 1 is 1.44 bits per heavy atom. The van der Waals surface area contributed by atoms with Gasteiger partial charge >= 0.3 is 0 Å². The van der Waals surface area contributed by atoms with Crippen molar-refractivity contribution in [2.45, 2.75) is 64.6 Å². The van der Waals surface area contributed by atoms with E-state index in [4.69, 9.17) is 9.72 Å². The van der Waals surface area contributed by atoms with Crippen molar-refractivity contribution in [1.82, 2.24) is 10.3 Å². The SMILES string of the molecule is CCOC1CC(NCc2csc(C(C)(C)C)n2)C1. The number of hydrogen-bond donors (Lipinski definition) is 1. The number of aromatic nitrogens is 1. The lowest BCUT2D eigenvalue weighted by Gasteiger charge is -2.35. The Labute approximate surface area is 114 Å². The molecule has 1 aliphatic rings. The summed E-state index contributed by atoms with van der Waals surface area (Å²) in [5.41, 5.74) is 1.34. The molecule has 0 radical (unpaired) electrons. The minimum atomic E-state index is 0.166. The lowest BCUT2D eigenvalue weighted by atomic mass is 9.89. The molecule has 4 heteroatoms. The van der Waals surface area contributed by atoms with Gasteiger partial charge in [-0.2, -0.15) is 0 Å². The first-order valence-electron chi connectivity index (χ1n) is 6.79. The highest BCUT2D eigenvalue weighted by molar-refractivity contribution is 7.09. The first-order valence-corrected chi connectivity index (χ1v) is 7.67. The summed E-state index contributed by atoms with van der Waals surface area (Å²) in [5.74, 6) is 0. The van der Waals surface area contributed by atoms with Crippen molar-refractivity contribution >= 4 is 11.3 Å². The average molecular weight is 268 g/mol. The second-order valence-corrected chi connectivity index (χ2v) is 6.88. The first kappa shape index (κ1) is 14.0. The minimum Gasteiger partial charge on any atom is -0.378 e. The van der Waals surface area contributed by atoms with E-state index in [1.165, 1.54) is 10.7 Å². The Hall–Kier alpha value is -0.450. The maximum Gasteiger partial charge on any atom is 0.0982 e. The van der Waals surface area contributed by atoms with Crippen LogP contribution in [0.25, 0.3) is 0 Å². The van der Waals surface area contributed by atoms with Gasteiger partial charge in [-0.1, -0.05) is 20.8 Å². The van der Waals surface area contributed by atoms with Crippen LogP contribution in [0.15, 0.2) is 5.38 Å². The molecule has 0 atom stereocenters. The van der Waals surface area contributed by atoms with Gasteiger partial charge in [0, 0.05) is 30.0 Å². The second kappa shape index (κ2) is 5.68. The van der Waals surface area contributed by atoms with Crippen molar-refractivity contribution < 1.29 is 4.74 Å². The predicted molar refractivity (Wildman–Crippen MR) is 76.1 cm³/mol. The van der Waals surface area contributed by atoms with Gasteiger partial charge in [0.25, 0.3) is 0 Å². The summed E-state index contributed by atoms with van der Waals surface area (Å²) in [5, 5.41) is 6.95. The molecular weight excluding hydrogens is 244 g/mol. The minimum absolute atomic E-state index is 0.166. The number of ether oxygens (including phenoxy) is 1. The highest BCUT2D eigenvalue weighted by atomic mass is 32.1. The second-order valence-electron chi connectivity index (χ2n) is 6.02. The maximum absolute atomic E-state index is 5.56. The van der Waals surface area contributed by atoms with Gasteiger partial charge in [-0.3, -0.25) is 0 Å². The van der Waals surface area contributed by atoms with Crippen LogP contribution in [0.5, 0.6) is 0 Å². The van der Waals surface area contributed by atoms with Crippen LogP contribution in [-0.2, 0) is 16.7 Å². The zero-order valence-corrected chi connectivity index (χ0v) is 12.6.